The van der Waals surface area contributed by atoms with Gasteiger partial charge in [-0.25, -0.2) is 0 Å². The molecule has 0 bridgehead atoms. The molecule has 0 unspecified atom stereocenters. The van der Waals surface area contributed by atoms with Crippen molar-refractivity contribution in [2.45, 2.75) is 20.5 Å². The molecule has 1 N–H and O–H groups in total. The van der Waals surface area contributed by atoms with Crippen molar-refractivity contribution in [2.75, 3.05) is 20.2 Å². The second kappa shape index (κ2) is 12.4. The molecule has 0 heterocycles. The molecule has 0 radical (unpaired) electrons. The Kier molecular flexibility index (Phi) is 11.4. The Bertz CT molecular complexity index is 391. The van der Waals surface area contributed by atoms with Crippen molar-refractivity contribution in [3.8, 4) is 0 Å². The van der Waals surface area contributed by atoms with Crippen LogP contribution in [0.3, 0.4) is 0 Å². The molecule has 20 heavy (non-hydrogen) atoms. The molecular formula is C18H27NO. The number of benzene rings is 1. The standard InChI is InChI=1S/C10H15NO.C8H12/c1-11-7-8-12-9-10-5-3-2-4-6-10;1-5-7(3)8(4)6-2/h2-6,11H,7-9H2,1H3;5-6H,1-2H2,3-4H3/b;8-7-. The van der Waals surface area contributed by atoms with Gasteiger partial charge in [0.15, 0.2) is 0 Å². The topological polar surface area (TPSA) is 21.3 Å². The highest BCUT2D eigenvalue weighted by molar-refractivity contribution is 5.27. The highest BCUT2D eigenvalue weighted by Gasteiger charge is 1.89. The smallest absolute Gasteiger partial charge is 0.0717 e. The minimum atomic E-state index is 0.711. The molecule has 0 aliphatic rings. The van der Waals surface area contributed by atoms with E-state index < -0.39 is 0 Å². The van der Waals surface area contributed by atoms with Gasteiger partial charge in [-0.15, -0.1) is 0 Å². The van der Waals surface area contributed by atoms with Crippen LogP contribution in [0.25, 0.3) is 0 Å². The Hall–Kier alpha value is -1.64. The van der Waals surface area contributed by atoms with Crippen LogP contribution in [0.4, 0.5) is 0 Å². The molecule has 1 aromatic rings. The van der Waals surface area contributed by atoms with Crippen LogP contribution >= 0.6 is 0 Å². The molecule has 0 amide bonds. The van der Waals surface area contributed by atoms with Crippen molar-refractivity contribution in [3.05, 3.63) is 72.4 Å². The molecule has 0 atom stereocenters. The summed E-state index contributed by atoms with van der Waals surface area (Å²) >= 11 is 0. The summed E-state index contributed by atoms with van der Waals surface area (Å²) in [5, 5.41) is 3.03. The second-order valence-corrected chi connectivity index (χ2v) is 4.42. The van der Waals surface area contributed by atoms with Crippen LogP contribution in [0.5, 0.6) is 0 Å². The Morgan fingerprint density at radius 1 is 1.10 bits per heavy atom. The highest BCUT2D eigenvalue weighted by Crippen LogP contribution is 2.03. The second-order valence-electron chi connectivity index (χ2n) is 4.42. The lowest BCUT2D eigenvalue weighted by Gasteiger charge is -2.02. The largest absolute Gasteiger partial charge is 0.375 e. The van der Waals surface area contributed by atoms with E-state index in [2.05, 4.69) is 30.6 Å². The highest BCUT2D eigenvalue weighted by atomic mass is 16.5. The van der Waals surface area contributed by atoms with Gasteiger partial charge in [-0.05, 0) is 37.6 Å². The quantitative estimate of drug-likeness (QED) is 0.596. The molecule has 1 rings (SSSR count). The lowest BCUT2D eigenvalue weighted by Crippen LogP contribution is -2.13. The fraction of sp³-hybridized carbons (Fsp3) is 0.333. The van der Waals surface area contributed by atoms with Crippen LogP contribution in [-0.4, -0.2) is 20.2 Å². The van der Waals surface area contributed by atoms with Gasteiger partial charge in [-0.3, -0.25) is 0 Å². The maximum absolute atomic E-state index is 5.40. The zero-order chi connectivity index (χ0) is 15.2. The molecule has 2 nitrogen and oxygen atoms in total. The average molecular weight is 273 g/mol. The molecule has 0 fully saturated rings. The van der Waals surface area contributed by atoms with Crippen LogP contribution in [0.15, 0.2) is 66.8 Å². The van der Waals surface area contributed by atoms with Crippen molar-refractivity contribution in [2.24, 2.45) is 0 Å². The molecule has 0 saturated carbocycles. The maximum atomic E-state index is 5.40. The van der Waals surface area contributed by atoms with Crippen molar-refractivity contribution >= 4 is 0 Å². The monoisotopic (exact) mass is 273 g/mol. The minimum absolute atomic E-state index is 0.711. The first-order chi connectivity index (χ1) is 9.65. The van der Waals surface area contributed by atoms with Crippen LogP contribution in [0.1, 0.15) is 19.4 Å². The number of nitrogens with one attached hydrogen (secondary N) is 1. The number of ether oxygens (including phenoxy) is 1. The van der Waals surface area contributed by atoms with Crippen LogP contribution in [0.2, 0.25) is 0 Å². The number of rotatable bonds is 7. The van der Waals surface area contributed by atoms with Crippen molar-refractivity contribution in [1.29, 1.82) is 0 Å². The molecular weight excluding hydrogens is 246 g/mol. The van der Waals surface area contributed by atoms with Gasteiger partial charge < -0.3 is 10.1 Å². The fourth-order valence-electron chi connectivity index (χ4n) is 1.26. The van der Waals surface area contributed by atoms with E-state index in [9.17, 15) is 0 Å². The lowest BCUT2D eigenvalue weighted by molar-refractivity contribution is 0.124. The number of allylic oxidation sites excluding steroid dienone is 4. The van der Waals surface area contributed by atoms with Gasteiger partial charge in [0.25, 0.3) is 0 Å². The molecule has 110 valence electrons. The first kappa shape index (κ1) is 18.4. The predicted molar refractivity (Wildman–Crippen MR) is 88.8 cm³/mol. The Balaban J connectivity index is 0.000000396. The molecule has 0 saturated heterocycles. The number of hydrogen-bond donors (Lipinski definition) is 1. The van der Waals surface area contributed by atoms with Gasteiger partial charge in [-0.2, -0.15) is 0 Å². The van der Waals surface area contributed by atoms with Gasteiger partial charge in [-0.1, -0.05) is 55.6 Å². The van der Waals surface area contributed by atoms with E-state index in [1.807, 2.05) is 51.2 Å². The van der Waals surface area contributed by atoms with Crippen molar-refractivity contribution in [3.63, 3.8) is 0 Å². The molecule has 0 spiro atoms. The summed E-state index contributed by atoms with van der Waals surface area (Å²) in [6, 6.07) is 10.2. The summed E-state index contributed by atoms with van der Waals surface area (Å²) in [5.74, 6) is 0. The zero-order valence-electron chi connectivity index (χ0n) is 13.0. The third kappa shape index (κ3) is 9.31. The SMILES string of the molecule is C=C/C(C)=C(/C)C=C.CNCCOCc1ccccc1. The first-order valence-corrected chi connectivity index (χ1v) is 6.84. The summed E-state index contributed by atoms with van der Waals surface area (Å²) in [6.45, 7) is 13.7. The number of hydrogen-bond acceptors (Lipinski definition) is 2. The molecule has 0 aliphatic heterocycles. The minimum Gasteiger partial charge on any atom is -0.375 e. The van der Waals surface area contributed by atoms with Gasteiger partial charge in [0.1, 0.15) is 0 Å². The fourth-order valence-corrected chi connectivity index (χ4v) is 1.26. The van der Waals surface area contributed by atoms with Crippen LogP contribution < -0.4 is 5.32 Å². The first-order valence-electron chi connectivity index (χ1n) is 6.84. The lowest BCUT2D eigenvalue weighted by atomic mass is 10.1. The van der Waals surface area contributed by atoms with E-state index >= 15 is 0 Å². The third-order valence-corrected chi connectivity index (χ3v) is 2.84. The molecule has 1 aromatic carbocycles. The van der Waals surface area contributed by atoms with Crippen molar-refractivity contribution in [1.82, 2.24) is 5.32 Å². The molecule has 0 aliphatic carbocycles. The normalized spacial score (nSPS) is 10.9. The molecule has 0 aromatic heterocycles. The third-order valence-electron chi connectivity index (χ3n) is 2.84. The van der Waals surface area contributed by atoms with E-state index in [0.29, 0.717) is 6.61 Å². The number of likely N-dealkylation sites (N-methyl/N-ethyl adjacent to an activating group) is 1. The van der Waals surface area contributed by atoms with E-state index in [-0.39, 0.29) is 0 Å². The van der Waals surface area contributed by atoms with Gasteiger partial charge >= 0.3 is 0 Å². The summed E-state index contributed by atoms with van der Waals surface area (Å²) in [5.41, 5.74) is 3.62. The van der Waals surface area contributed by atoms with Gasteiger partial charge in [0.2, 0.25) is 0 Å². The van der Waals surface area contributed by atoms with E-state index in [0.717, 1.165) is 13.2 Å². The van der Waals surface area contributed by atoms with Crippen LogP contribution in [-0.2, 0) is 11.3 Å². The average Bonchev–Trinajstić information content (AvgIpc) is 2.51. The summed E-state index contributed by atoms with van der Waals surface area (Å²) in [7, 11) is 1.92. The van der Waals surface area contributed by atoms with Crippen molar-refractivity contribution < 1.29 is 4.74 Å². The van der Waals surface area contributed by atoms with E-state index in [1.54, 1.807) is 0 Å². The Morgan fingerprint density at radius 3 is 2.10 bits per heavy atom. The summed E-state index contributed by atoms with van der Waals surface area (Å²) in [6.07, 6.45) is 3.66. The maximum Gasteiger partial charge on any atom is 0.0717 e. The van der Waals surface area contributed by atoms with E-state index in [1.165, 1.54) is 16.7 Å². The Morgan fingerprint density at radius 2 is 1.65 bits per heavy atom. The Labute approximate surface area is 123 Å². The van der Waals surface area contributed by atoms with E-state index in [4.69, 9.17) is 4.74 Å². The van der Waals surface area contributed by atoms with Gasteiger partial charge in [0, 0.05) is 6.54 Å². The summed E-state index contributed by atoms with van der Waals surface area (Å²) < 4.78 is 5.40. The van der Waals surface area contributed by atoms with Gasteiger partial charge in [0.05, 0.1) is 13.2 Å². The summed E-state index contributed by atoms with van der Waals surface area (Å²) in [4.78, 5) is 0. The zero-order valence-corrected chi connectivity index (χ0v) is 13.0. The predicted octanol–water partition coefficient (Wildman–Crippen LogP) is 4.12. The molecule has 2 heteroatoms. The van der Waals surface area contributed by atoms with Crippen LogP contribution in [0, 0.1) is 0 Å².